The zero-order valence-corrected chi connectivity index (χ0v) is 11.7. The fraction of sp³-hybridized carbons (Fsp3) is 0.727. The van der Waals surface area contributed by atoms with Crippen LogP contribution in [-0.4, -0.2) is 58.6 Å². The van der Waals surface area contributed by atoms with Gasteiger partial charge in [-0.05, 0) is 20.9 Å². The molecular weight excluding hydrogens is 248 g/mol. The molecule has 0 aromatic carbocycles. The highest BCUT2D eigenvalue weighted by Gasteiger charge is 2.09. The maximum absolute atomic E-state index is 11.2. The molecule has 0 aliphatic carbocycles. The summed E-state index contributed by atoms with van der Waals surface area (Å²) in [5.41, 5.74) is 2.23. The van der Waals surface area contributed by atoms with E-state index in [4.69, 9.17) is 10.6 Å². The van der Waals surface area contributed by atoms with Crippen LogP contribution in [0.15, 0.2) is 6.20 Å². The third kappa shape index (κ3) is 5.77. The Morgan fingerprint density at radius 3 is 2.95 bits per heavy atom. The zero-order chi connectivity index (χ0) is 14.3. The van der Waals surface area contributed by atoms with E-state index >= 15 is 0 Å². The summed E-state index contributed by atoms with van der Waals surface area (Å²) in [5.74, 6) is 4.58. The Morgan fingerprint density at radius 1 is 1.58 bits per heavy atom. The third-order valence-corrected chi connectivity index (χ3v) is 2.54. The Bertz CT molecular complexity index is 392. The van der Waals surface area contributed by atoms with E-state index in [2.05, 4.69) is 15.2 Å². The fourth-order valence-electron chi connectivity index (χ4n) is 1.41. The molecule has 0 spiro atoms. The average Bonchev–Trinajstić information content (AvgIpc) is 2.83. The van der Waals surface area contributed by atoms with Crippen molar-refractivity contribution in [2.75, 3.05) is 26.7 Å². The molecule has 0 bridgehead atoms. The molecule has 19 heavy (non-hydrogen) atoms. The summed E-state index contributed by atoms with van der Waals surface area (Å²) in [6.07, 6.45) is 1.82. The predicted molar refractivity (Wildman–Crippen MR) is 70.3 cm³/mol. The molecule has 1 aromatic heterocycles. The van der Waals surface area contributed by atoms with Crippen molar-refractivity contribution in [1.29, 1.82) is 0 Å². The van der Waals surface area contributed by atoms with Gasteiger partial charge in [0.2, 0.25) is 0 Å². The molecule has 1 aromatic rings. The number of ether oxygens (including phenoxy) is 1. The van der Waals surface area contributed by atoms with Crippen LogP contribution in [-0.2, 0) is 11.3 Å². The first-order valence-electron chi connectivity index (χ1n) is 6.24. The quantitative estimate of drug-likeness (QED) is 0.366. The number of nitrogen functional groups attached to an aromatic ring is 1. The van der Waals surface area contributed by atoms with E-state index in [1.54, 1.807) is 10.9 Å². The number of nitrogens with zero attached hydrogens (tertiary/aromatic N) is 4. The lowest BCUT2D eigenvalue weighted by atomic mass is 10.4. The number of nitrogens with two attached hydrogens (primary N) is 1. The van der Waals surface area contributed by atoms with Gasteiger partial charge in [0.05, 0.1) is 25.5 Å². The standard InChI is InChI=1S/C11H22N6O2/c1-9(2)19-7-6-16(3)4-5-17-8-10(14-15-17)11(18)13-12/h8-9H,4-7,12H2,1-3H3,(H,13,18). The van der Waals surface area contributed by atoms with Gasteiger partial charge in [-0.3, -0.25) is 14.9 Å². The van der Waals surface area contributed by atoms with Gasteiger partial charge in [-0.2, -0.15) is 0 Å². The lowest BCUT2D eigenvalue weighted by Crippen LogP contribution is -2.30. The highest BCUT2D eigenvalue weighted by Crippen LogP contribution is 1.94. The van der Waals surface area contributed by atoms with Crippen molar-refractivity contribution in [3.63, 3.8) is 0 Å². The Labute approximate surface area is 112 Å². The number of carbonyl (C=O) groups excluding carboxylic acids is 1. The van der Waals surface area contributed by atoms with Gasteiger partial charge >= 0.3 is 0 Å². The zero-order valence-electron chi connectivity index (χ0n) is 11.7. The van der Waals surface area contributed by atoms with E-state index < -0.39 is 5.91 Å². The molecule has 0 fully saturated rings. The van der Waals surface area contributed by atoms with Crippen LogP contribution in [0.3, 0.4) is 0 Å². The highest BCUT2D eigenvalue weighted by molar-refractivity contribution is 5.91. The number of nitrogens with one attached hydrogen (secondary N) is 1. The topological polar surface area (TPSA) is 98.3 Å². The van der Waals surface area contributed by atoms with Crippen molar-refractivity contribution in [1.82, 2.24) is 25.3 Å². The lowest BCUT2D eigenvalue weighted by molar-refractivity contribution is 0.0631. The van der Waals surface area contributed by atoms with E-state index in [0.29, 0.717) is 13.2 Å². The number of hydrogen-bond donors (Lipinski definition) is 2. The Kier molecular flexibility index (Phi) is 6.40. The van der Waals surface area contributed by atoms with Crippen molar-refractivity contribution in [3.8, 4) is 0 Å². The van der Waals surface area contributed by atoms with Crippen LogP contribution < -0.4 is 11.3 Å². The number of aromatic nitrogens is 3. The van der Waals surface area contributed by atoms with Gasteiger partial charge in [-0.15, -0.1) is 5.10 Å². The van der Waals surface area contributed by atoms with E-state index in [9.17, 15) is 4.79 Å². The van der Waals surface area contributed by atoms with Gasteiger partial charge < -0.3 is 9.64 Å². The first-order valence-corrected chi connectivity index (χ1v) is 6.24. The van der Waals surface area contributed by atoms with Crippen molar-refractivity contribution in [2.45, 2.75) is 26.5 Å². The molecular formula is C11H22N6O2. The van der Waals surface area contributed by atoms with Crippen molar-refractivity contribution >= 4 is 5.91 Å². The molecule has 8 nitrogen and oxygen atoms in total. The highest BCUT2D eigenvalue weighted by atomic mass is 16.5. The molecule has 0 saturated carbocycles. The van der Waals surface area contributed by atoms with Gasteiger partial charge in [0.1, 0.15) is 0 Å². The van der Waals surface area contributed by atoms with Gasteiger partial charge in [-0.1, -0.05) is 5.21 Å². The van der Waals surface area contributed by atoms with Crippen molar-refractivity contribution in [2.24, 2.45) is 5.84 Å². The third-order valence-electron chi connectivity index (χ3n) is 2.54. The van der Waals surface area contributed by atoms with Gasteiger partial charge in [0.25, 0.3) is 5.91 Å². The van der Waals surface area contributed by atoms with Gasteiger partial charge in [-0.25, -0.2) is 5.84 Å². The SMILES string of the molecule is CC(C)OCCN(C)CCn1cc(C(=O)NN)nn1. The smallest absolute Gasteiger partial charge is 0.287 e. The molecule has 0 radical (unpaired) electrons. The Morgan fingerprint density at radius 2 is 2.32 bits per heavy atom. The van der Waals surface area contributed by atoms with Gasteiger partial charge in [0, 0.05) is 13.1 Å². The molecule has 1 amide bonds. The maximum Gasteiger partial charge on any atom is 0.287 e. The maximum atomic E-state index is 11.2. The molecule has 8 heteroatoms. The normalized spacial score (nSPS) is 11.3. The van der Waals surface area contributed by atoms with Crippen LogP contribution in [0.5, 0.6) is 0 Å². The lowest BCUT2D eigenvalue weighted by Gasteiger charge is -2.17. The number of likely N-dealkylation sites (N-methyl/N-ethyl adjacent to an activating group) is 1. The number of hydrogen-bond acceptors (Lipinski definition) is 6. The Hall–Kier alpha value is -1.51. The number of amides is 1. The summed E-state index contributed by atoms with van der Waals surface area (Å²) < 4.78 is 7.09. The minimum Gasteiger partial charge on any atom is -0.377 e. The van der Waals surface area contributed by atoms with E-state index in [1.165, 1.54) is 0 Å². The molecule has 0 aliphatic heterocycles. The summed E-state index contributed by atoms with van der Waals surface area (Å²) in [7, 11) is 2.01. The predicted octanol–water partition coefficient (Wildman–Crippen LogP) is -0.762. The van der Waals surface area contributed by atoms with E-state index in [0.717, 1.165) is 13.1 Å². The molecule has 1 heterocycles. The van der Waals surface area contributed by atoms with Gasteiger partial charge in [0.15, 0.2) is 5.69 Å². The molecule has 0 aliphatic rings. The molecule has 3 N–H and O–H groups in total. The molecule has 1 rings (SSSR count). The first kappa shape index (κ1) is 15.5. The van der Waals surface area contributed by atoms with Crippen LogP contribution in [0.25, 0.3) is 0 Å². The second-order valence-corrected chi connectivity index (χ2v) is 4.56. The fourth-order valence-corrected chi connectivity index (χ4v) is 1.41. The summed E-state index contributed by atoms with van der Waals surface area (Å²) in [6.45, 7) is 7.03. The Balaban J connectivity index is 2.28. The minimum atomic E-state index is -0.440. The monoisotopic (exact) mass is 270 g/mol. The summed E-state index contributed by atoms with van der Waals surface area (Å²) in [5, 5.41) is 7.59. The van der Waals surface area contributed by atoms with Crippen molar-refractivity contribution in [3.05, 3.63) is 11.9 Å². The average molecular weight is 270 g/mol. The van der Waals surface area contributed by atoms with Crippen LogP contribution in [0, 0.1) is 0 Å². The molecule has 108 valence electrons. The van der Waals surface area contributed by atoms with E-state index in [-0.39, 0.29) is 11.8 Å². The number of rotatable bonds is 8. The summed E-state index contributed by atoms with van der Waals surface area (Å²) in [4.78, 5) is 13.3. The van der Waals surface area contributed by atoms with Crippen molar-refractivity contribution < 1.29 is 9.53 Å². The molecule has 0 atom stereocenters. The minimum absolute atomic E-state index is 0.216. The van der Waals surface area contributed by atoms with Crippen LogP contribution >= 0.6 is 0 Å². The summed E-state index contributed by atoms with van der Waals surface area (Å²) >= 11 is 0. The number of carbonyl (C=O) groups is 1. The van der Waals surface area contributed by atoms with Crippen LogP contribution in [0.2, 0.25) is 0 Å². The van der Waals surface area contributed by atoms with Crippen LogP contribution in [0.4, 0.5) is 0 Å². The summed E-state index contributed by atoms with van der Waals surface area (Å²) in [6, 6.07) is 0. The largest absolute Gasteiger partial charge is 0.377 e. The van der Waals surface area contributed by atoms with Crippen LogP contribution in [0.1, 0.15) is 24.3 Å². The second-order valence-electron chi connectivity index (χ2n) is 4.56. The first-order chi connectivity index (χ1) is 9.02. The molecule has 0 saturated heterocycles. The number of hydrazine groups is 1. The second kappa shape index (κ2) is 7.82. The molecule has 0 unspecified atom stereocenters. The van der Waals surface area contributed by atoms with E-state index in [1.807, 2.05) is 26.3 Å².